The first kappa shape index (κ1) is 7.67. The van der Waals surface area contributed by atoms with Crippen molar-refractivity contribution >= 4 is 5.97 Å². The normalized spacial score (nSPS) is 12.5. The second-order valence-corrected chi connectivity index (χ2v) is 1.99. The summed E-state index contributed by atoms with van der Waals surface area (Å²) in [4.78, 5) is 14.3. The maximum atomic E-state index is 10.8. The van der Waals surface area contributed by atoms with Crippen molar-refractivity contribution in [2.75, 3.05) is 0 Å². The lowest BCUT2D eigenvalue weighted by Crippen LogP contribution is -2.31. The van der Waals surface area contributed by atoms with Crippen LogP contribution < -0.4 is 10.5 Å². The summed E-state index contributed by atoms with van der Waals surface area (Å²) in [6.45, 7) is 1.52. The van der Waals surface area contributed by atoms with E-state index in [0.29, 0.717) is 0 Å². The lowest BCUT2D eigenvalue weighted by Gasteiger charge is -2.00. The minimum Gasteiger partial charge on any atom is -0.389 e. The van der Waals surface area contributed by atoms with Gasteiger partial charge in [-0.2, -0.15) is 4.98 Å². The number of aromatic amines is 1. The van der Waals surface area contributed by atoms with E-state index in [4.69, 9.17) is 5.73 Å². The van der Waals surface area contributed by atoms with Crippen LogP contribution in [-0.4, -0.2) is 27.2 Å². The Morgan fingerprint density at radius 3 is 3.09 bits per heavy atom. The van der Waals surface area contributed by atoms with Gasteiger partial charge in [0.05, 0.1) is 0 Å². The van der Waals surface area contributed by atoms with E-state index in [1.165, 1.54) is 13.3 Å². The monoisotopic (exact) mass is 156 g/mol. The lowest BCUT2D eigenvalue weighted by molar-refractivity contribution is -0.135. The Morgan fingerprint density at radius 2 is 2.64 bits per heavy atom. The number of carbonyl (C=O) groups is 1. The molecule has 0 aromatic carbocycles. The fraction of sp³-hybridized carbons (Fsp3) is 0.400. The van der Waals surface area contributed by atoms with Crippen molar-refractivity contribution < 1.29 is 9.53 Å². The minimum atomic E-state index is -0.659. The molecule has 0 aliphatic rings. The summed E-state index contributed by atoms with van der Waals surface area (Å²) >= 11 is 0. The Kier molecular flexibility index (Phi) is 2.17. The second kappa shape index (κ2) is 3.11. The van der Waals surface area contributed by atoms with Crippen LogP contribution in [0.25, 0.3) is 0 Å². The van der Waals surface area contributed by atoms with E-state index in [-0.39, 0.29) is 6.01 Å². The smallest absolute Gasteiger partial charge is 0.343 e. The summed E-state index contributed by atoms with van der Waals surface area (Å²) in [5.41, 5.74) is 5.21. The molecule has 0 aliphatic heterocycles. The lowest BCUT2D eigenvalue weighted by atomic mass is 10.4. The molecule has 6 heteroatoms. The molecule has 1 rings (SSSR count). The van der Waals surface area contributed by atoms with E-state index in [9.17, 15) is 4.79 Å². The van der Waals surface area contributed by atoms with Crippen molar-refractivity contribution in [2.45, 2.75) is 13.0 Å². The Hall–Kier alpha value is -1.43. The molecule has 0 radical (unpaired) electrons. The van der Waals surface area contributed by atoms with Crippen molar-refractivity contribution in [1.82, 2.24) is 15.2 Å². The van der Waals surface area contributed by atoms with Gasteiger partial charge in [-0.3, -0.25) is 5.10 Å². The number of aromatic nitrogens is 3. The Bertz CT molecular complexity index is 231. The summed E-state index contributed by atoms with van der Waals surface area (Å²) in [7, 11) is 0. The van der Waals surface area contributed by atoms with Gasteiger partial charge >= 0.3 is 12.0 Å². The highest BCUT2D eigenvalue weighted by atomic mass is 16.6. The van der Waals surface area contributed by atoms with E-state index in [1.807, 2.05) is 0 Å². The van der Waals surface area contributed by atoms with Crippen LogP contribution in [0.15, 0.2) is 6.33 Å². The van der Waals surface area contributed by atoms with Crippen LogP contribution >= 0.6 is 0 Å². The zero-order valence-corrected chi connectivity index (χ0v) is 5.94. The zero-order valence-electron chi connectivity index (χ0n) is 5.94. The van der Waals surface area contributed by atoms with E-state index in [1.54, 1.807) is 0 Å². The first-order valence-electron chi connectivity index (χ1n) is 3.03. The maximum Gasteiger partial charge on any atom is 0.343 e. The first-order valence-corrected chi connectivity index (χ1v) is 3.03. The van der Waals surface area contributed by atoms with Gasteiger partial charge in [0.15, 0.2) is 0 Å². The predicted octanol–water partition coefficient (Wildman–Crippen LogP) is -0.943. The maximum absolute atomic E-state index is 10.8. The summed E-state index contributed by atoms with van der Waals surface area (Å²) in [5, 5.41) is 5.90. The number of carbonyl (C=O) groups excluding carboxylic acids is 1. The van der Waals surface area contributed by atoms with Crippen molar-refractivity contribution in [3.05, 3.63) is 6.33 Å². The standard InChI is InChI=1S/C5H8N4O2/c1-3(6)4(10)11-5-7-2-8-9-5/h2-3H,6H2,1H3,(H,7,8,9)/t3-/m0/s1. The zero-order chi connectivity index (χ0) is 8.27. The van der Waals surface area contributed by atoms with Crippen LogP contribution in [0.1, 0.15) is 6.92 Å². The average Bonchev–Trinajstić information content (AvgIpc) is 2.39. The van der Waals surface area contributed by atoms with Gasteiger partial charge in [-0.1, -0.05) is 0 Å². The summed E-state index contributed by atoms with van der Waals surface area (Å²) in [6, 6.07) is -0.666. The van der Waals surface area contributed by atoms with Crippen molar-refractivity contribution in [2.24, 2.45) is 5.73 Å². The number of rotatable bonds is 2. The topological polar surface area (TPSA) is 93.9 Å². The third-order valence-electron chi connectivity index (χ3n) is 0.957. The van der Waals surface area contributed by atoms with Gasteiger partial charge in [0.1, 0.15) is 12.4 Å². The van der Waals surface area contributed by atoms with E-state index in [2.05, 4.69) is 19.9 Å². The van der Waals surface area contributed by atoms with Gasteiger partial charge in [0.25, 0.3) is 0 Å². The third kappa shape index (κ3) is 2.01. The Morgan fingerprint density at radius 1 is 1.91 bits per heavy atom. The summed E-state index contributed by atoms with van der Waals surface area (Å²) in [5.74, 6) is -0.551. The van der Waals surface area contributed by atoms with Crippen LogP contribution in [0.2, 0.25) is 0 Å². The minimum absolute atomic E-state index is 0.00713. The summed E-state index contributed by atoms with van der Waals surface area (Å²) < 4.78 is 4.60. The van der Waals surface area contributed by atoms with Gasteiger partial charge in [0, 0.05) is 0 Å². The van der Waals surface area contributed by atoms with Gasteiger partial charge in [-0.25, -0.2) is 4.79 Å². The molecule has 1 atom stereocenters. The molecule has 11 heavy (non-hydrogen) atoms. The molecular formula is C5H8N4O2. The number of nitrogens with one attached hydrogen (secondary N) is 1. The van der Waals surface area contributed by atoms with Crippen LogP contribution in [0.5, 0.6) is 6.01 Å². The SMILES string of the molecule is C[C@H](N)C(=O)Oc1nc[nH]n1. The highest BCUT2D eigenvalue weighted by Crippen LogP contribution is 1.96. The molecule has 6 nitrogen and oxygen atoms in total. The van der Waals surface area contributed by atoms with Crippen molar-refractivity contribution in [3.8, 4) is 6.01 Å². The number of hydrogen-bond donors (Lipinski definition) is 2. The second-order valence-electron chi connectivity index (χ2n) is 1.99. The highest BCUT2D eigenvalue weighted by Gasteiger charge is 2.11. The molecule has 0 spiro atoms. The molecule has 0 saturated heterocycles. The van der Waals surface area contributed by atoms with E-state index in [0.717, 1.165) is 0 Å². The molecule has 0 bridgehead atoms. The number of nitrogens with zero attached hydrogens (tertiary/aromatic N) is 2. The molecule has 3 N–H and O–H groups in total. The van der Waals surface area contributed by atoms with Gasteiger partial charge in [-0.15, -0.1) is 5.10 Å². The van der Waals surface area contributed by atoms with Gasteiger partial charge in [-0.05, 0) is 6.92 Å². The number of nitrogens with two attached hydrogens (primary N) is 1. The van der Waals surface area contributed by atoms with E-state index < -0.39 is 12.0 Å². The molecule has 1 aromatic heterocycles. The molecule has 0 fully saturated rings. The molecule has 1 heterocycles. The molecule has 60 valence electrons. The average molecular weight is 156 g/mol. The van der Waals surface area contributed by atoms with Crippen LogP contribution in [0, 0.1) is 0 Å². The van der Waals surface area contributed by atoms with E-state index >= 15 is 0 Å². The third-order valence-corrected chi connectivity index (χ3v) is 0.957. The van der Waals surface area contributed by atoms with Crippen LogP contribution in [-0.2, 0) is 4.79 Å². The predicted molar refractivity (Wildman–Crippen MR) is 35.7 cm³/mol. The van der Waals surface area contributed by atoms with Crippen LogP contribution in [0.4, 0.5) is 0 Å². The number of ether oxygens (including phenoxy) is 1. The highest BCUT2D eigenvalue weighted by molar-refractivity contribution is 5.76. The Balaban J connectivity index is 2.50. The fourth-order valence-electron chi connectivity index (χ4n) is 0.429. The first-order chi connectivity index (χ1) is 5.20. The molecule has 0 amide bonds. The van der Waals surface area contributed by atoms with Gasteiger partial charge < -0.3 is 10.5 Å². The Labute approximate surface area is 62.8 Å². The fourth-order valence-corrected chi connectivity index (χ4v) is 0.429. The van der Waals surface area contributed by atoms with Crippen molar-refractivity contribution in [1.29, 1.82) is 0 Å². The van der Waals surface area contributed by atoms with Gasteiger partial charge in [0.2, 0.25) is 0 Å². The molecule has 0 saturated carbocycles. The largest absolute Gasteiger partial charge is 0.389 e. The molecular weight excluding hydrogens is 148 g/mol. The molecule has 0 aliphatic carbocycles. The van der Waals surface area contributed by atoms with Crippen molar-refractivity contribution in [3.63, 3.8) is 0 Å². The number of esters is 1. The molecule has 0 unspecified atom stereocenters. The van der Waals surface area contributed by atoms with Crippen LogP contribution in [0.3, 0.4) is 0 Å². The number of hydrogen-bond acceptors (Lipinski definition) is 5. The summed E-state index contributed by atoms with van der Waals surface area (Å²) in [6.07, 6.45) is 1.31. The number of H-pyrrole nitrogens is 1. The molecule has 1 aromatic rings. The quantitative estimate of drug-likeness (QED) is 0.539.